The Labute approximate surface area is 127 Å². The molecule has 0 N–H and O–H groups in total. The van der Waals surface area contributed by atoms with Crippen molar-refractivity contribution in [2.45, 2.75) is 13.3 Å². The zero-order valence-electron chi connectivity index (χ0n) is 11.6. The summed E-state index contributed by atoms with van der Waals surface area (Å²) < 4.78 is 0. The van der Waals surface area contributed by atoms with Crippen LogP contribution in [0.5, 0.6) is 0 Å². The van der Waals surface area contributed by atoms with Gasteiger partial charge in [0.15, 0.2) is 0 Å². The molecule has 0 aromatic heterocycles. The number of piperazine rings is 1. The lowest BCUT2D eigenvalue weighted by molar-refractivity contribution is 0.224. The van der Waals surface area contributed by atoms with E-state index in [-0.39, 0.29) is 0 Å². The summed E-state index contributed by atoms with van der Waals surface area (Å²) in [5.74, 6) is 1.71. The van der Waals surface area contributed by atoms with Crippen LogP contribution in [0.1, 0.15) is 13.3 Å². The smallest absolute Gasteiger partial charge is 0.0426 e. The van der Waals surface area contributed by atoms with E-state index in [0.29, 0.717) is 0 Å². The van der Waals surface area contributed by atoms with Gasteiger partial charge in [-0.05, 0) is 29.9 Å². The number of hydrogen-bond acceptors (Lipinski definition) is 3. The first kappa shape index (κ1) is 15.0. The summed E-state index contributed by atoms with van der Waals surface area (Å²) in [5, 5.41) is 0.820. The van der Waals surface area contributed by atoms with Crippen LogP contribution in [0.3, 0.4) is 0 Å². The highest BCUT2D eigenvalue weighted by Gasteiger charge is 2.19. The highest BCUT2D eigenvalue weighted by Crippen LogP contribution is 2.21. The standard InChI is InChI=1S/C15H23ClN2S/c1-2-13(12-19)11-17-6-8-18(9-7-17)15-5-3-4-14(16)10-15/h3-5,10,13,19H,2,6-9,11-12H2,1H3. The van der Waals surface area contributed by atoms with Crippen LogP contribution in [0.15, 0.2) is 24.3 Å². The fourth-order valence-corrected chi connectivity index (χ4v) is 3.10. The van der Waals surface area contributed by atoms with Crippen molar-refractivity contribution in [1.29, 1.82) is 0 Å². The van der Waals surface area contributed by atoms with Crippen molar-refractivity contribution in [1.82, 2.24) is 4.90 Å². The number of rotatable bonds is 5. The Kier molecular flexibility index (Phi) is 5.86. The van der Waals surface area contributed by atoms with Gasteiger partial charge in [-0.1, -0.05) is 31.0 Å². The molecule has 2 rings (SSSR count). The van der Waals surface area contributed by atoms with Crippen LogP contribution in [-0.4, -0.2) is 43.4 Å². The fourth-order valence-electron chi connectivity index (χ4n) is 2.54. The molecule has 106 valence electrons. The van der Waals surface area contributed by atoms with Crippen LogP contribution in [0.2, 0.25) is 5.02 Å². The Morgan fingerprint density at radius 2 is 2.00 bits per heavy atom. The Morgan fingerprint density at radius 1 is 1.26 bits per heavy atom. The van der Waals surface area contributed by atoms with Gasteiger partial charge in [-0.2, -0.15) is 12.6 Å². The Bertz CT molecular complexity index is 387. The van der Waals surface area contributed by atoms with Crippen LogP contribution < -0.4 is 4.90 Å². The van der Waals surface area contributed by atoms with Gasteiger partial charge in [-0.15, -0.1) is 0 Å². The molecule has 2 nitrogen and oxygen atoms in total. The van der Waals surface area contributed by atoms with Crippen LogP contribution in [0.25, 0.3) is 0 Å². The maximum atomic E-state index is 6.05. The molecule has 0 aliphatic carbocycles. The molecular formula is C15H23ClN2S. The lowest BCUT2D eigenvalue weighted by Crippen LogP contribution is -2.48. The molecule has 19 heavy (non-hydrogen) atoms. The summed E-state index contributed by atoms with van der Waals surface area (Å²) in [6.07, 6.45) is 1.22. The average Bonchev–Trinajstić information content (AvgIpc) is 2.45. The Balaban J connectivity index is 1.85. The first-order valence-electron chi connectivity index (χ1n) is 7.06. The van der Waals surface area contributed by atoms with Gasteiger partial charge in [0.05, 0.1) is 0 Å². The molecule has 1 heterocycles. The van der Waals surface area contributed by atoms with Gasteiger partial charge in [0.1, 0.15) is 0 Å². The van der Waals surface area contributed by atoms with Crippen molar-refractivity contribution in [2.75, 3.05) is 43.4 Å². The van der Waals surface area contributed by atoms with Crippen molar-refractivity contribution in [3.05, 3.63) is 29.3 Å². The van der Waals surface area contributed by atoms with Gasteiger partial charge < -0.3 is 4.90 Å². The minimum Gasteiger partial charge on any atom is -0.369 e. The minimum absolute atomic E-state index is 0.723. The molecule has 0 amide bonds. The van der Waals surface area contributed by atoms with Crippen molar-refractivity contribution in [2.24, 2.45) is 5.92 Å². The molecule has 4 heteroatoms. The van der Waals surface area contributed by atoms with E-state index in [1.807, 2.05) is 12.1 Å². The third-order valence-corrected chi connectivity index (χ3v) is 4.65. The van der Waals surface area contributed by atoms with Crippen LogP contribution in [0.4, 0.5) is 5.69 Å². The van der Waals surface area contributed by atoms with E-state index in [2.05, 4.69) is 41.5 Å². The predicted molar refractivity (Wildman–Crippen MR) is 87.7 cm³/mol. The molecular weight excluding hydrogens is 276 g/mol. The molecule has 1 fully saturated rings. The Hall–Kier alpha value is -0.380. The zero-order valence-corrected chi connectivity index (χ0v) is 13.2. The number of anilines is 1. The molecule has 1 saturated heterocycles. The van der Waals surface area contributed by atoms with Crippen LogP contribution in [0, 0.1) is 5.92 Å². The van der Waals surface area contributed by atoms with Gasteiger partial charge >= 0.3 is 0 Å². The molecule has 0 bridgehead atoms. The van der Waals surface area contributed by atoms with Crippen molar-refractivity contribution >= 4 is 29.9 Å². The first-order valence-corrected chi connectivity index (χ1v) is 8.07. The highest BCUT2D eigenvalue weighted by molar-refractivity contribution is 7.80. The third kappa shape index (κ3) is 4.30. The molecule has 1 unspecified atom stereocenters. The minimum atomic E-state index is 0.723. The second-order valence-electron chi connectivity index (χ2n) is 5.22. The van der Waals surface area contributed by atoms with Gasteiger partial charge in [0.2, 0.25) is 0 Å². The van der Waals surface area contributed by atoms with Gasteiger partial charge in [0.25, 0.3) is 0 Å². The van der Waals surface area contributed by atoms with E-state index in [1.54, 1.807) is 0 Å². The second kappa shape index (κ2) is 7.41. The second-order valence-corrected chi connectivity index (χ2v) is 6.03. The zero-order chi connectivity index (χ0) is 13.7. The molecule has 0 radical (unpaired) electrons. The number of nitrogens with zero attached hydrogens (tertiary/aromatic N) is 2. The largest absolute Gasteiger partial charge is 0.369 e. The quantitative estimate of drug-likeness (QED) is 0.832. The van der Waals surface area contributed by atoms with Crippen molar-refractivity contribution in [3.63, 3.8) is 0 Å². The number of hydrogen-bond donors (Lipinski definition) is 1. The molecule has 1 aromatic rings. The SMILES string of the molecule is CCC(CS)CN1CCN(c2cccc(Cl)c2)CC1. The summed E-state index contributed by atoms with van der Waals surface area (Å²) in [6, 6.07) is 8.15. The normalized spacial score (nSPS) is 18.6. The van der Waals surface area contributed by atoms with E-state index in [4.69, 9.17) is 11.6 Å². The number of halogens is 1. The lowest BCUT2D eigenvalue weighted by Gasteiger charge is -2.37. The lowest BCUT2D eigenvalue weighted by atomic mass is 10.1. The summed E-state index contributed by atoms with van der Waals surface area (Å²) >= 11 is 10.5. The first-order chi connectivity index (χ1) is 9.22. The van der Waals surface area contributed by atoms with Crippen molar-refractivity contribution < 1.29 is 0 Å². The van der Waals surface area contributed by atoms with Gasteiger partial charge in [0, 0.05) is 43.4 Å². The summed E-state index contributed by atoms with van der Waals surface area (Å²) in [5.41, 5.74) is 1.24. The number of benzene rings is 1. The van der Waals surface area contributed by atoms with Gasteiger partial charge in [-0.25, -0.2) is 0 Å². The van der Waals surface area contributed by atoms with Gasteiger partial charge in [-0.3, -0.25) is 4.90 Å². The summed E-state index contributed by atoms with van der Waals surface area (Å²) in [4.78, 5) is 4.98. The van der Waals surface area contributed by atoms with E-state index < -0.39 is 0 Å². The molecule has 0 spiro atoms. The average molecular weight is 299 g/mol. The third-order valence-electron chi connectivity index (χ3n) is 3.90. The summed E-state index contributed by atoms with van der Waals surface area (Å²) in [7, 11) is 0. The fraction of sp³-hybridized carbons (Fsp3) is 0.600. The Morgan fingerprint density at radius 3 is 2.58 bits per heavy atom. The summed E-state index contributed by atoms with van der Waals surface area (Å²) in [6.45, 7) is 7.88. The highest BCUT2D eigenvalue weighted by atomic mass is 35.5. The monoisotopic (exact) mass is 298 g/mol. The molecule has 1 atom stereocenters. The van der Waals surface area contributed by atoms with Crippen molar-refractivity contribution in [3.8, 4) is 0 Å². The van der Waals surface area contributed by atoms with Crippen LogP contribution >= 0.6 is 24.2 Å². The predicted octanol–water partition coefficient (Wildman–Crippen LogP) is 3.42. The van der Waals surface area contributed by atoms with E-state index in [9.17, 15) is 0 Å². The number of thiol groups is 1. The van der Waals surface area contributed by atoms with E-state index >= 15 is 0 Å². The molecule has 0 saturated carbocycles. The maximum Gasteiger partial charge on any atom is 0.0426 e. The maximum absolute atomic E-state index is 6.05. The topological polar surface area (TPSA) is 6.48 Å². The molecule has 1 aromatic carbocycles. The van der Waals surface area contributed by atoms with Crippen LogP contribution in [-0.2, 0) is 0 Å². The molecule has 1 aliphatic rings. The molecule has 1 aliphatic heterocycles. The van der Waals surface area contributed by atoms with E-state index in [1.165, 1.54) is 18.7 Å². The van der Waals surface area contributed by atoms with E-state index in [0.717, 1.165) is 42.9 Å².